The van der Waals surface area contributed by atoms with E-state index in [0.717, 1.165) is 18.7 Å². The number of hydrogen-bond donors (Lipinski definition) is 2. The Bertz CT molecular complexity index is 653. The minimum Gasteiger partial charge on any atom is -0.378 e. The predicted octanol–water partition coefficient (Wildman–Crippen LogP) is 2.03. The first-order chi connectivity index (χ1) is 12.0. The zero-order chi connectivity index (χ0) is 18.2. The minimum absolute atomic E-state index is 0.0335. The van der Waals surface area contributed by atoms with Gasteiger partial charge in [-0.25, -0.2) is 0 Å². The molecule has 134 valence electrons. The molecule has 2 aromatic carbocycles. The molecular weight excluding hydrogens is 310 g/mol. The van der Waals surface area contributed by atoms with Crippen LogP contribution in [0, 0.1) is 0 Å². The highest BCUT2D eigenvalue weighted by Gasteiger charge is 2.16. The molecule has 0 spiro atoms. The van der Waals surface area contributed by atoms with Crippen LogP contribution in [0.25, 0.3) is 0 Å². The van der Waals surface area contributed by atoms with E-state index in [9.17, 15) is 4.79 Å². The molecule has 0 heterocycles. The summed E-state index contributed by atoms with van der Waals surface area (Å²) >= 11 is 0. The fourth-order valence-electron chi connectivity index (χ4n) is 2.86. The van der Waals surface area contributed by atoms with Crippen LogP contribution in [-0.4, -0.2) is 33.1 Å². The smallest absolute Gasteiger partial charge is 0.275 e. The number of nitrogens with zero attached hydrogens (tertiary/aromatic N) is 1. The fraction of sp³-hybridized carbons (Fsp3) is 0.381. The van der Waals surface area contributed by atoms with Gasteiger partial charge in [-0.3, -0.25) is 4.79 Å². The average molecular weight is 340 g/mol. The highest BCUT2D eigenvalue weighted by Crippen LogP contribution is 2.12. The van der Waals surface area contributed by atoms with Gasteiger partial charge < -0.3 is 15.1 Å². The van der Waals surface area contributed by atoms with Gasteiger partial charge in [-0.2, -0.15) is 0 Å². The van der Waals surface area contributed by atoms with Gasteiger partial charge in [0.15, 0.2) is 6.54 Å². The van der Waals surface area contributed by atoms with Crippen molar-refractivity contribution in [2.75, 3.05) is 32.1 Å². The third kappa shape index (κ3) is 5.91. The van der Waals surface area contributed by atoms with Crippen molar-refractivity contribution >= 4 is 11.6 Å². The van der Waals surface area contributed by atoms with Crippen molar-refractivity contribution in [1.29, 1.82) is 0 Å². The molecule has 4 nitrogen and oxygen atoms in total. The van der Waals surface area contributed by atoms with Crippen LogP contribution in [0.5, 0.6) is 0 Å². The van der Waals surface area contributed by atoms with Gasteiger partial charge in [-0.05, 0) is 31.5 Å². The van der Waals surface area contributed by atoms with Crippen LogP contribution in [0.1, 0.15) is 31.0 Å². The Labute approximate surface area is 151 Å². The first-order valence-electron chi connectivity index (χ1n) is 8.93. The van der Waals surface area contributed by atoms with Crippen molar-refractivity contribution in [2.45, 2.75) is 26.4 Å². The van der Waals surface area contributed by atoms with E-state index in [1.807, 2.05) is 51.4 Å². The molecule has 0 radical (unpaired) electrons. The third-order valence-corrected chi connectivity index (χ3v) is 4.49. The fourth-order valence-corrected chi connectivity index (χ4v) is 2.86. The van der Waals surface area contributed by atoms with Crippen molar-refractivity contribution in [2.24, 2.45) is 0 Å². The Hall–Kier alpha value is -2.33. The van der Waals surface area contributed by atoms with Crippen molar-refractivity contribution < 1.29 is 9.69 Å². The Morgan fingerprint density at radius 1 is 1.08 bits per heavy atom. The summed E-state index contributed by atoms with van der Waals surface area (Å²) in [6.45, 7) is 6.42. The standard InChI is InChI=1S/C21H29N3O/c1-5-24(15-18-11-13-20(14-12-18)23(3)4)16-21(25)22-17(2)19-9-7-6-8-10-19/h6-14,17H,5,15-16H2,1-4H3,(H,22,25)/p+1/t17-/m0/s1. The molecule has 25 heavy (non-hydrogen) atoms. The quantitative estimate of drug-likeness (QED) is 0.772. The molecular formula is C21H30N3O+. The van der Waals surface area contributed by atoms with Gasteiger partial charge in [0.25, 0.3) is 5.91 Å². The molecule has 2 rings (SSSR count). The summed E-state index contributed by atoms with van der Waals surface area (Å²) in [6, 6.07) is 18.7. The van der Waals surface area contributed by atoms with E-state index >= 15 is 0 Å². The van der Waals surface area contributed by atoms with Crippen molar-refractivity contribution in [3.05, 3.63) is 65.7 Å². The highest BCUT2D eigenvalue weighted by molar-refractivity contribution is 5.77. The molecule has 2 N–H and O–H groups in total. The predicted molar refractivity (Wildman–Crippen MR) is 104 cm³/mol. The van der Waals surface area contributed by atoms with Crippen LogP contribution in [0.3, 0.4) is 0 Å². The van der Waals surface area contributed by atoms with Crippen LogP contribution in [0.4, 0.5) is 5.69 Å². The maximum Gasteiger partial charge on any atom is 0.275 e. The summed E-state index contributed by atoms with van der Waals surface area (Å²) in [5.74, 6) is 0.0955. The third-order valence-electron chi connectivity index (χ3n) is 4.49. The topological polar surface area (TPSA) is 36.8 Å². The lowest BCUT2D eigenvalue weighted by atomic mass is 10.1. The van der Waals surface area contributed by atoms with Crippen LogP contribution in [0.2, 0.25) is 0 Å². The Morgan fingerprint density at radius 2 is 1.72 bits per heavy atom. The van der Waals surface area contributed by atoms with Crippen LogP contribution in [0.15, 0.2) is 54.6 Å². The molecule has 1 amide bonds. The molecule has 0 fully saturated rings. The lowest BCUT2D eigenvalue weighted by Crippen LogP contribution is -3.11. The number of anilines is 1. The first kappa shape index (κ1) is 19.0. The first-order valence-corrected chi connectivity index (χ1v) is 8.93. The van der Waals surface area contributed by atoms with Gasteiger partial charge >= 0.3 is 0 Å². The van der Waals surface area contributed by atoms with E-state index in [1.165, 1.54) is 16.2 Å². The Balaban J connectivity index is 1.89. The molecule has 0 saturated carbocycles. The minimum atomic E-state index is 0.0335. The van der Waals surface area contributed by atoms with E-state index in [1.54, 1.807) is 0 Å². The molecule has 0 aliphatic carbocycles. The lowest BCUT2D eigenvalue weighted by molar-refractivity contribution is -0.904. The second-order valence-corrected chi connectivity index (χ2v) is 6.72. The Kier molecular flexibility index (Phi) is 7.02. The number of carbonyl (C=O) groups is 1. The molecule has 0 aliphatic rings. The zero-order valence-electron chi connectivity index (χ0n) is 15.8. The van der Waals surface area contributed by atoms with E-state index < -0.39 is 0 Å². The molecule has 1 unspecified atom stereocenters. The van der Waals surface area contributed by atoms with Gasteiger partial charge in [0, 0.05) is 25.3 Å². The number of hydrogen-bond acceptors (Lipinski definition) is 2. The molecule has 0 aromatic heterocycles. The zero-order valence-corrected chi connectivity index (χ0v) is 15.8. The summed E-state index contributed by atoms with van der Waals surface area (Å²) in [5.41, 5.74) is 3.58. The normalized spacial score (nSPS) is 13.1. The van der Waals surface area contributed by atoms with Gasteiger partial charge in [0.1, 0.15) is 6.54 Å². The molecule has 0 aliphatic heterocycles. The summed E-state index contributed by atoms with van der Waals surface area (Å²) in [5, 5.41) is 3.10. The lowest BCUT2D eigenvalue weighted by Gasteiger charge is -2.20. The van der Waals surface area contributed by atoms with Gasteiger partial charge in [0.05, 0.1) is 12.6 Å². The summed E-state index contributed by atoms with van der Waals surface area (Å²) in [7, 11) is 4.08. The van der Waals surface area contributed by atoms with E-state index in [4.69, 9.17) is 0 Å². The summed E-state index contributed by atoms with van der Waals surface area (Å²) in [4.78, 5) is 15.7. The molecule has 0 saturated heterocycles. The number of likely N-dealkylation sites (N-methyl/N-ethyl adjacent to an activating group) is 1. The molecule has 4 heteroatoms. The SMILES string of the molecule is CC[NH+](CC(=O)N[C@@H](C)c1ccccc1)Cc1ccc(N(C)C)cc1. The molecule has 2 atom stereocenters. The number of quaternary nitrogens is 1. The Morgan fingerprint density at radius 3 is 2.28 bits per heavy atom. The monoisotopic (exact) mass is 340 g/mol. The number of nitrogens with one attached hydrogen (secondary N) is 2. The van der Waals surface area contributed by atoms with E-state index in [-0.39, 0.29) is 11.9 Å². The molecule has 0 bridgehead atoms. The van der Waals surface area contributed by atoms with Crippen LogP contribution < -0.4 is 15.1 Å². The van der Waals surface area contributed by atoms with Gasteiger partial charge in [0.2, 0.25) is 0 Å². The van der Waals surface area contributed by atoms with Crippen LogP contribution >= 0.6 is 0 Å². The number of carbonyl (C=O) groups excluding carboxylic acids is 1. The van der Waals surface area contributed by atoms with Gasteiger partial charge in [-0.15, -0.1) is 0 Å². The van der Waals surface area contributed by atoms with Crippen molar-refractivity contribution in [1.82, 2.24) is 5.32 Å². The molecule has 2 aromatic rings. The van der Waals surface area contributed by atoms with Crippen molar-refractivity contribution in [3.8, 4) is 0 Å². The maximum absolute atomic E-state index is 12.4. The second-order valence-electron chi connectivity index (χ2n) is 6.72. The van der Waals surface area contributed by atoms with E-state index in [2.05, 4.69) is 41.4 Å². The second kappa shape index (κ2) is 9.23. The highest BCUT2D eigenvalue weighted by atomic mass is 16.2. The number of benzene rings is 2. The van der Waals surface area contributed by atoms with E-state index in [0.29, 0.717) is 6.54 Å². The van der Waals surface area contributed by atoms with Gasteiger partial charge in [-0.1, -0.05) is 42.5 Å². The maximum atomic E-state index is 12.4. The summed E-state index contributed by atoms with van der Waals surface area (Å²) in [6.07, 6.45) is 0. The average Bonchev–Trinajstić information content (AvgIpc) is 2.62. The summed E-state index contributed by atoms with van der Waals surface area (Å²) < 4.78 is 0. The largest absolute Gasteiger partial charge is 0.378 e. The number of amides is 1. The van der Waals surface area contributed by atoms with Crippen molar-refractivity contribution in [3.63, 3.8) is 0 Å². The van der Waals surface area contributed by atoms with Crippen LogP contribution in [-0.2, 0) is 11.3 Å². The number of rotatable bonds is 8.